The van der Waals surface area contributed by atoms with Crippen molar-refractivity contribution in [3.05, 3.63) is 0 Å². The minimum absolute atomic E-state index is 0.0641. The molecule has 0 N–H and O–H groups in total. The summed E-state index contributed by atoms with van der Waals surface area (Å²) in [5.74, 6) is 0.818. The Hall–Kier alpha value is -1.59. The maximum absolute atomic E-state index is 12.8. The minimum Gasteiger partial charge on any atom is -0.462 e. The van der Waals surface area contributed by atoms with Crippen LogP contribution in [0.5, 0.6) is 0 Å². The zero-order valence-electron chi connectivity index (χ0n) is 41.1. The van der Waals surface area contributed by atoms with Gasteiger partial charge < -0.3 is 14.2 Å². The summed E-state index contributed by atoms with van der Waals surface area (Å²) >= 11 is 0. The van der Waals surface area contributed by atoms with E-state index in [-0.39, 0.29) is 31.1 Å². The van der Waals surface area contributed by atoms with E-state index in [0.717, 1.165) is 69.6 Å². The zero-order valence-corrected chi connectivity index (χ0v) is 41.1. The van der Waals surface area contributed by atoms with Gasteiger partial charge in [0.15, 0.2) is 6.10 Å². The van der Waals surface area contributed by atoms with Gasteiger partial charge in [-0.2, -0.15) is 0 Å². The molecule has 0 heterocycles. The van der Waals surface area contributed by atoms with Crippen molar-refractivity contribution >= 4 is 17.9 Å². The van der Waals surface area contributed by atoms with E-state index in [9.17, 15) is 14.4 Å². The quantitative estimate of drug-likeness (QED) is 0.0345. The summed E-state index contributed by atoms with van der Waals surface area (Å²) < 4.78 is 16.8. The van der Waals surface area contributed by atoms with Crippen LogP contribution in [0.15, 0.2) is 0 Å². The molecular formula is C54H104O6. The number of rotatable bonds is 48. The van der Waals surface area contributed by atoms with Gasteiger partial charge in [0.1, 0.15) is 13.2 Å². The number of hydrogen-bond donors (Lipinski definition) is 0. The molecule has 6 nitrogen and oxygen atoms in total. The monoisotopic (exact) mass is 849 g/mol. The highest BCUT2D eigenvalue weighted by Crippen LogP contribution is 2.18. The van der Waals surface area contributed by atoms with Crippen LogP contribution in [-0.2, 0) is 28.6 Å². The topological polar surface area (TPSA) is 78.9 Å². The summed E-state index contributed by atoms with van der Waals surface area (Å²) in [6.45, 7) is 11.4. The standard InChI is InChI=1S/C54H104O6/c1-6-8-9-10-11-12-13-14-15-16-17-18-19-24-31-36-41-46-54(57)60-51(48-59-53(56)45-40-35-30-26-25-27-32-37-42-49(3)4)47-58-52(55)44-39-34-29-23-21-20-22-28-33-38-43-50(5)7-2/h49-51H,6-48H2,1-5H3/t50?,51-/m0/s1. The Kier molecular flexibility index (Phi) is 45.7. The lowest BCUT2D eigenvalue weighted by atomic mass is 9.99. The molecule has 0 bridgehead atoms. The molecule has 1 unspecified atom stereocenters. The average molecular weight is 849 g/mol. The molecule has 0 aromatic heterocycles. The van der Waals surface area contributed by atoms with Crippen molar-refractivity contribution in [1.82, 2.24) is 0 Å². The van der Waals surface area contributed by atoms with Crippen LogP contribution in [0, 0.1) is 11.8 Å². The lowest BCUT2D eigenvalue weighted by Crippen LogP contribution is -2.30. The number of ether oxygens (including phenoxy) is 3. The van der Waals surface area contributed by atoms with Crippen molar-refractivity contribution in [3.8, 4) is 0 Å². The first kappa shape index (κ1) is 58.4. The van der Waals surface area contributed by atoms with Gasteiger partial charge in [0.05, 0.1) is 0 Å². The maximum Gasteiger partial charge on any atom is 0.306 e. The Morgan fingerprint density at radius 1 is 0.350 bits per heavy atom. The number of esters is 3. The van der Waals surface area contributed by atoms with E-state index in [1.54, 1.807) is 0 Å². The first-order valence-electron chi connectivity index (χ1n) is 26.8. The highest BCUT2D eigenvalue weighted by atomic mass is 16.6. The lowest BCUT2D eigenvalue weighted by molar-refractivity contribution is -0.167. The fraction of sp³-hybridized carbons (Fsp3) is 0.944. The molecule has 0 saturated carbocycles. The van der Waals surface area contributed by atoms with Gasteiger partial charge in [-0.25, -0.2) is 0 Å². The van der Waals surface area contributed by atoms with E-state index in [0.29, 0.717) is 19.3 Å². The largest absolute Gasteiger partial charge is 0.462 e. The number of carbonyl (C=O) groups is 3. The Morgan fingerprint density at radius 2 is 0.633 bits per heavy atom. The van der Waals surface area contributed by atoms with E-state index in [4.69, 9.17) is 14.2 Å². The van der Waals surface area contributed by atoms with Crippen LogP contribution in [0.25, 0.3) is 0 Å². The smallest absolute Gasteiger partial charge is 0.306 e. The van der Waals surface area contributed by atoms with Crippen LogP contribution in [0.1, 0.15) is 298 Å². The Labute approximate surface area is 374 Å². The predicted molar refractivity (Wildman–Crippen MR) is 256 cm³/mol. The third-order valence-corrected chi connectivity index (χ3v) is 12.6. The van der Waals surface area contributed by atoms with Crippen molar-refractivity contribution in [3.63, 3.8) is 0 Å². The van der Waals surface area contributed by atoms with Gasteiger partial charge in [-0.1, -0.05) is 259 Å². The van der Waals surface area contributed by atoms with Crippen molar-refractivity contribution < 1.29 is 28.6 Å². The van der Waals surface area contributed by atoms with Crippen molar-refractivity contribution in [2.75, 3.05) is 13.2 Å². The molecule has 0 rings (SSSR count). The summed E-state index contributed by atoms with van der Waals surface area (Å²) in [4.78, 5) is 38.0. The molecule has 356 valence electrons. The molecule has 0 radical (unpaired) electrons. The SMILES string of the molecule is CCCCCCCCCCCCCCCCCCCC(=O)O[C@@H](COC(=O)CCCCCCCCCCCCC(C)CC)COC(=O)CCCCCCCCCCC(C)C. The van der Waals surface area contributed by atoms with Crippen molar-refractivity contribution in [1.29, 1.82) is 0 Å². The summed E-state index contributed by atoms with van der Waals surface area (Å²) in [5, 5.41) is 0. The van der Waals surface area contributed by atoms with E-state index >= 15 is 0 Å². The summed E-state index contributed by atoms with van der Waals surface area (Å²) in [6.07, 6.45) is 48.0. The van der Waals surface area contributed by atoms with E-state index in [2.05, 4.69) is 34.6 Å². The first-order chi connectivity index (χ1) is 29.3. The average Bonchev–Trinajstić information content (AvgIpc) is 3.23. The molecule has 0 aliphatic heterocycles. The predicted octanol–water partition coefficient (Wildman–Crippen LogP) is 17.3. The normalized spacial score (nSPS) is 12.5. The van der Waals surface area contributed by atoms with Crippen LogP contribution in [0.3, 0.4) is 0 Å². The Morgan fingerprint density at radius 3 is 0.950 bits per heavy atom. The minimum atomic E-state index is -0.762. The van der Waals surface area contributed by atoms with Crippen molar-refractivity contribution in [2.24, 2.45) is 11.8 Å². The van der Waals surface area contributed by atoms with Gasteiger partial charge >= 0.3 is 17.9 Å². The van der Waals surface area contributed by atoms with Gasteiger partial charge in [-0.3, -0.25) is 14.4 Å². The Bertz CT molecular complexity index is 918. The molecule has 6 heteroatoms. The molecular weight excluding hydrogens is 745 g/mol. The highest BCUT2D eigenvalue weighted by molar-refractivity contribution is 5.71. The van der Waals surface area contributed by atoms with Gasteiger partial charge in [-0.15, -0.1) is 0 Å². The van der Waals surface area contributed by atoms with Gasteiger partial charge in [0.25, 0.3) is 0 Å². The zero-order chi connectivity index (χ0) is 44.0. The summed E-state index contributed by atoms with van der Waals surface area (Å²) in [5.41, 5.74) is 0. The molecule has 0 saturated heterocycles. The van der Waals surface area contributed by atoms with E-state index in [1.165, 1.54) is 186 Å². The van der Waals surface area contributed by atoms with Gasteiger partial charge in [-0.05, 0) is 31.1 Å². The number of hydrogen-bond acceptors (Lipinski definition) is 6. The van der Waals surface area contributed by atoms with Crippen molar-refractivity contribution in [2.45, 2.75) is 304 Å². The second kappa shape index (κ2) is 46.9. The van der Waals surface area contributed by atoms with E-state index in [1.807, 2.05) is 0 Å². The first-order valence-corrected chi connectivity index (χ1v) is 26.8. The molecule has 0 spiro atoms. The second-order valence-electron chi connectivity index (χ2n) is 19.2. The molecule has 2 atom stereocenters. The highest BCUT2D eigenvalue weighted by Gasteiger charge is 2.19. The molecule has 0 aromatic carbocycles. The third-order valence-electron chi connectivity index (χ3n) is 12.6. The fourth-order valence-electron chi connectivity index (χ4n) is 8.13. The molecule has 0 aliphatic carbocycles. The summed E-state index contributed by atoms with van der Waals surface area (Å²) in [6, 6.07) is 0. The van der Waals surface area contributed by atoms with Gasteiger partial charge in [0, 0.05) is 19.3 Å². The van der Waals surface area contributed by atoms with E-state index < -0.39 is 6.10 Å². The molecule has 0 aliphatic rings. The third kappa shape index (κ3) is 45.9. The number of unbranched alkanes of at least 4 members (excludes halogenated alkanes) is 32. The number of carbonyl (C=O) groups excluding carboxylic acids is 3. The molecule has 0 fully saturated rings. The van der Waals surface area contributed by atoms with Crippen LogP contribution in [0.2, 0.25) is 0 Å². The van der Waals surface area contributed by atoms with Crippen LogP contribution in [-0.4, -0.2) is 37.2 Å². The van der Waals surface area contributed by atoms with Crippen LogP contribution >= 0.6 is 0 Å². The molecule has 60 heavy (non-hydrogen) atoms. The second-order valence-corrected chi connectivity index (χ2v) is 19.2. The molecule has 0 amide bonds. The lowest BCUT2D eigenvalue weighted by Gasteiger charge is -2.18. The fourth-order valence-corrected chi connectivity index (χ4v) is 8.13. The Balaban J connectivity index is 4.30. The van der Waals surface area contributed by atoms with Crippen LogP contribution < -0.4 is 0 Å². The maximum atomic E-state index is 12.8. The van der Waals surface area contributed by atoms with Gasteiger partial charge in [0.2, 0.25) is 0 Å². The van der Waals surface area contributed by atoms with Crippen LogP contribution in [0.4, 0.5) is 0 Å². The molecule has 0 aromatic rings. The summed E-state index contributed by atoms with van der Waals surface area (Å²) in [7, 11) is 0.